The maximum absolute atomic E-state index is 14.0. The Morgan fingerprint density at radius 3 is 2.50 bits per heavy atom. The fraction of sp³-hybridized carbons (Fsp3) is 0.0833. The predicted molar refractivity (Wildman–Crippen MR) is 118 cm³/mol. The van der Waals surface area contributed by atoms with Gasteiger partial charge in [-0.2, -0.15) is 0 Å². The van der Waals surface area contributed by atoms with Crippen LogP contribution in [0, 0.1) is 5.82 Å². The Balaban J connectivity index is 1.76. The third-order valence-electron chi connectivity index (χ3n) is 5.27. The van der Waals surface area contributed by atoms with Crippen LogP contribution in [-0.4, -0.2) is 14.1 Å². The molecule has 6 heteroatoms. The van der Waals surface area contributed by atoms with Gasteiger partial charge >= 0.3 is 0 Å². The maximum Gasteiger partial charge on any atom is 0.278 e. The molecule has 0 radical (unpaired) electrons. The van der Waals surface area contributed by atoms with Crippen molar-refractivity contribution in [1.82, 2.24) is 14.1 Å². The lowest BCUT2D eigenvalue weighted by Crippen LogP contribution is -2.23. The molecule has 3 aromatic carbocycles. The Labute approximate surface area is 176 Å². The van der Waals surface area contributed by atoms with Crippen LogP contribution in [0.15, 0.2) is 83.9 Å². The summed E-state index contributed by atoms with van der Waals surface area (Å²) < 4.78 is 17.4. The molecular formula is C24H17ClFN3O. The second kappa shape index (κ2) is 7.43. The van der Waals surface area contributed by atoms with Gasteiger partial charge in [-0.25, -0.2) is 9.37 Å². The van der Waals surface area contributed by atoms with Crippen LogP contribution < -0.4 is 5.56 Å². The van der Waals surface area contributed by atoms with E-state index in [4.69, 9.17) is 11.6 Å². The minimum atomic E-state index is -0.366. The monoisotopic (exact) mass is 417 g/mol. The number of hydrogen-bond donors (Lipinski definition) is 0. The van der Waals surface area contributed by atoms with Crippen molar-refractivity contribution in [2.45, 2.75) is 13.1 Å². The van der Waals surface area contributed by atoms with Crippen molar-refractivity contribution in [2.75, 3.05) is 0 Å². The molecule has 0 unspecified atom stereocenters. The summed E-state index contributed by atoms with van der Waals surface area (Å²) in [5, 5.41) is 1.23. The van der Waals surface area contributed by atoms with E-state index in [0.717, 1.165) is 16.6 Å². The van der Waals surface area contributed by atoms with Gasteiger partial charge in [-0.3, -0.25) is 9.36 Å². The standard InChI is InChI=1S/C24H17ClFN3O/c25-20-9-5-4-8-17(20)14-29-21-11-10-18(26)12-19(21)22-23(29)24(30)28(15-27-22)13-16-6-2-1-3-7-16/h1-12,15H,13-14H2. The van der Waals surface area contributed by atoms with Crippen molar-refractivity contribution in [1.29, 1.82) is 0 Å². The van der Waals surface area contributed by atoms with Gasteiger partial charge in [0.05, 0.1) is 18.4 Å². The van der Waals surface area contributed by atoms with Gasteiger partial charge < -0.3 is 4.57 Å². The number of hydrogen-bond acceptors (Lipinski definition) is 2. The largest absolute Gasteiger partial charge is 0.330 e. The molecule has 0 amide bonds. The summed E-state index contributed by atoms with van der Waals surface area (Å²) in [6.07, 6.45) is 1.53. The highest BCUT2D eigenvalue weighted by Gasteiger charge is 2.18. The molecule has 2 aromatic heterocycles. The highest BCUT2D eigenvalue weighted by Crippen LogP contribution is 2.28. The van der Waals surface area contributed by atoms with Crippen molar-refractivity contribution in [3.8, 4) is 0 Å². The topological polar surface area (TPSA) is 39.8 Å². The highest BCUT2D eigenvalue weighted by atomic mass is 35.5. The van der Waals surface area contributed by atoms with E-state index < -0.39 is 0 Å². The van der Waals surface area contributed by atoms with Crippen LogP contribution in [0.1, 0.15) is 11.1 Å². The van der Waals surface area contributed by atoms with E-state index in [2.05, 4.69) is 4.98 Å². The minimum absolute atomic E-state index is 0.174. The van der Waals surface area contributed by atoms with Crippen LogP contribution in [-0.2, 0) is 13.1 Å². The molecule has 0 bridgehead atoms. The fourth-order valence-electron chi connectivity index (χ4n) is 3.83. The molecule has 0 atom stereocenters. The Morgan fingerprint density at radius 1 is 0.933 bits per heavy atom. The third-order valence-corrected chi connectivity index (χ3v) is 5.64. The van der Waals surface area contributed by atoms with Gasteiger partial charge in [-0.1, -0.05) is 60.1 Å². The average Bonchev–Trinajstić information content (AvgIpc) is 3.06. The highest BCUT2D eigenvalue weighted by molar-refractivity contribution is 6.31. The van der Waals surface area contributed by atoms with Gasteiger partial charge in [-0.05, 0) is 35.4 Å². The number of nitrogens with zero attached hydrogens (tertiary/aromatic N) is 3. The van der Waals surface area contributed by atoms with Crippen molar-refractivity contribution < 1.29 is 4.39 Å². The first-order valence-corrected chi connectivity index (χ1v) is 9.94. The minimum Gasteiger partial charge on any atom is -0.330 e. The van der Waals surface area contributed by atoms with Crippen LogP contribution in [0.25, 0.3) is 21.9 Å². The summed E-state index contributed by atoms with van der Waals surface area (Å²) in [4.78, 5) is 18.0. The number of halogens is 2. The number of fused-ring (bicyclic) bond motifs is 3. The summed E-state index contributed by atoms with van der Waals surface area (Å²) in [5.74, 6) is -0.366. The van der Waals surface area contributed by atoms with E-state index in [9.17, 15) is 9.18 Å². The maximum atomic E-state index is 14.0. The lowest BCUT2D eigenvalue weighted by Gasteiger charge is -2.10. The normalized spacial score (nSPS) is 11.4. The first-order chi connectivity index (χ1) is 14.6. The van der Waals surface area contributed by atoms with Crippen LogP contribution in [0.2, 0.25) is 5.02 Å². The Morgan fingerprint density at radius 2 is 1.70 bits per heavy atom. The lowest BCUT2D eigenvalue weighted by atomic mass is 10.2. The first-order valence-electron chi connectivity index (χ1n) is 9.56. The van der Waals surface area contributed by atoms with Crippen molar-refractivity contribution >= 4 is 33.5 Å². The molecule has 0 aliphatic heterocycles. The molecule has 30 heavy (non-hydrogen) atoms. The quantitative estimate of drug-likeness (QED) is 0.401. The first kappa shape index (κ1) is 18.6. The Hall–Kier alpha value is -3.44. The van der Waals surface area contributed by atoms with Gasteiger partial charge in [0.25, 0.3) is 5.56 Å². The van der Waals surface area contributed by atoms with Crippen LogP contribution in [0.3, 0.4) is 0 Å². The summed E-state index contributed by atoms with van der Waals surface area (Å²) in [6, 6.07) is 21.7. The molecule has 0 saturated heterocycles. The van der Waals surface area contributed by atoms with Crippen LogP contribution in [0.4, 0.5) is 4.39 Å². The van der Waals surface area contributed by atoms with Crippen molar-refractivity contribution in [3.05, 3.63) is 111 Å². The molecule has 0 aliphatic rings. The van der Waals surface area contributed by atoms with Gasteiger partial charge in [0, 0.05) is 17.0 Å². The lowest BCUT2D eigenvalue weighted by molar-refractivity contribution is 0.629. The fourth-order valence-corrected chi connectivity index (χ4v) is 4.02. The summed E-state index contributed by atoms with van der Waals surface area (Å²) in [5.41, 5.74) is 3.38. The van der Waals surface area contributed by atoms with Gasteiger partial charge in [0.15, 0.2) is 0 Å². The molecule has 0 N–H and O–H groups in total. The number of benzene rings is 3. The molecule has 2 heterocycles. The van der Waals surface area contributed by atoms with Gasteiger partial charge in [-0.15, -0.1) is 0 Å². The molecule has 0 saturated carbocycles. The third kappa shape index (κ3) is 3.17. The van der Waals surface area contributed by atoms with Crippen LogP contribution in [0.5, 0.6) is 0 Å². The molecule has 4 nitrogen and oxygen atoms in total. The Kier molecular flexibility index (Phi) is 4.60. The molecule has 0 spiro atoms. The Bertz CT molecular complexity index is 1440. The van der Waals surface area contributed by atoms with E-state index >= 15 is 0 Å². The van der Waals surface area contributed by atoms with Gasteiger partial charge in [0.2, 0.25) is 0 Å². The molecule has 148 valence electrons. The van der Waals surface area contributed by atoms with E-state index in [1.54, 1.807) is 10.6 Å². The molecule has 5 aromatic rings. The summed E-state index contributed by atoms with van der Waals surface area (Å²) in [7, 11) is 0. The second-order valence-electron chi connectivity index (χ2n) is 7.20. The smallest absolute Gasteiger partial charge is 0.278 e. The van der Waals surface area contributed by atoms with Gasteiger partial charge in [0.1, 0.15) is 16.9 Å². The van der Waals surface area contributed by atoms with E-state index in [1.807, 2.05) is 59.2 Å². The van der Waals surface area contributed by atoms with E-state index in [1.165, 1.54) is 18.5 Å². The summed E-state index contributed by atoms with van der Waals surface area (Å²) in [6.45, 7) is 0.794. The molecule has 0 aliphatic carbocycles. The summed E-state index contributed by atoms with van der Waals surface area (Å²) >= 11 is 6.37. The zero-order valence-electron chi connectivity index (χ0n) is 15.9. The SMILES string of the molecule is O=c1c2c(ncn1Cc1ccccc1)c1cc(F)ccc1n2Cc1ccccc1Cl. The van der Waals surface area contributed by atoms with Crippen molar-refractivity contribution in [3.63, 3.8) is 0 Å². The van der Waals surface area contributed by atoms with Crippen LogP contribution >= 0.6 is 11.6 Å². The number of aromatic nitrogens is 3. The van der Waals surface area contributed by atoms with E-state index in [-0.39, 0.29) is 11.4 Å². The van der Waals surface area contributed by atoms with Crippen molar-refractivity contribution in [2.24, 2.45) is 0 Å². The predicted octanol–water partition coefficient (Wildman–Crippen LogP) is 5.24. The molecule has 5 rings (SSSR count). The molecular weight excluding hydrogens is 401 g/mol. The zero-order chi connectivity index (χ0) is 20.7. The zero-order valence-corrected chi connectivity index (χ0v) is 16.7. The number of rotatable bonds is 4. The van der Waals surface area contributed by atoms with E-state index in [0.29, 0.717) is 34.5 Å². The average molecular weight is 418 g/mol. The second-order valence-corrected chi connectivity index (χ2v) is 7.61. The molecule has 0 fully saturated rings.